The second-order valence-electron chi connectivity index (χ2n) is 5.80. The topological polar surface area (TPSA) is 111 Å². The first-order valence-electron chi connectivity index (χ1n) is 8.23. The number of carbonyl (C=O) groups excluding carboxylic acids is 2. The summed E-state index contributed by atoms with van der Waals surface area (Å²) >= 11 is 0. The number of pyridine rings is 1. The minimum absolute atomic E-state index is 0.0705. The van der Waals surface area contributed by atoms with E-state index in [1.807, 2.05) is 6.07 Å². The van der Waals surface area contributed by atoms with Crippen LogP contribution in [0.4, 0.5) is 11.4 Å². The summed E-state index contributed by atoms with van der Waals surface area (Å²) in [4.78, 5) is 37.7. The van der Waals surface area contributed by atoms with E-state index < -0.39 is 16.8 Å². The van der Waals surface area contributed by atoms with Crippen LogP contribution in [-0.4, -0.2) is 21.8 Å². The molecule has 2 aromatic carbocycles. The van der Waals surface area contributed by atoms with E-state index in [2.05, 4.69) is 10.3 Å². The molecule has 0 aliphatic heterocycles. The van der Waals surface area contributed by atoms with Crippen LogP contribution in [0.3, 0.4) is 0 Å². The van der Waals surface area contributed by atoms with Crippen LogP contribution in [0, 0.1) is 10.1 Å². The molecule has 8 nitrogen and oxygen atoms in total. The number of amides is 1. The van der Waals surface area contributed by atoms with Gasteiger partial charge >= 0.3 is 11.7 Å². The SMILES string of the molecule is CC(=O)Oc1ccc(-c2cccc(C(=O)Nc3ccncc3[N+](=O)[O-])c2)cc1. The number of rotatable bonds is 5. The molecule has 0 spiro atoms. The third-order valence-corrected chi connectivity index (χ3v) is 3.82. The Bertz CT molecular complexity index is 1050. The van der Waals surface area contributed by atoms with Gasteiger partial charge in [-0.2, -0.15) is 0 Å². The van der Waals surface area contributed by atoms with Crippen molar-refractivity contribution in [1.82, 2.24) is 4.98 Å². The predicted octanol–water partition coefficient (Wildman–Crippen LogP) is 3.83. The monoisotopic (exact) mass is 377 g/mol. The van der Waals surface area contributed by atoms with Crippen LogP contribution in [-0.2, 0) is 4.79 Å². The van der Waals surface area contributed by atoms with Crippen molar-refractivity contribution in [3.8, 4) is 16.9 Å². The van der Waals surface area contributed by atoms with Crippen LogP contribution < -0.4 is 10.1 Å². The van der Waals surface area contributed by atoms with E-state index in [-0.39, 0.29) is 11.4 Å². The van der Waals surface area contributed by atoms with E-state index in [1.54, 1.807) is 42.5 Å². The normalized spacial score (nSPS) is 10.2. The minimum Gasteiger partial charge on any atom is -0.427 e. The first-order valence-corrected chi connectivity index (χ1v) is 8.23. The fraction of sp³-hybridized carbons (Fsp3) is 0.0500. The molecule has 28 heavy (non-hydrogen) atoms. The van der Waals surface area contributed by atoms with Gasteiger partial charge in [0.05, 0.1) is 4.92 Å². The number of aromatic nitrogens is 1. The van der Waals surface area contributed by atoms with Gasteiger partial charge in [0.2, 0.25) is 0 Å². The summed E-state index contributed by atoms with van der Waals surface area (Å²) in [5, 5.41) is 13.6. The molecule has 0 saturated carbocycles. The van der Waals surface area contributed by atoms with Crippen molar-refractivity contribution in [1.29, 1.82) is 0 Å². The molecule has 0 fully saturated rings. The standard InChI is InChI=1S/C20H15N3O5/c1-13(24)28-17-7-5-14(6-8-17)15-3-2-4-16(11-15)20(25)22-18-9-10-21-12-19(18)23(26)27/h2-12H,1H3,(H,21,22,25). The van der Waals surface area contributed by atoms with E-state index in [9.17, 15) is 19.7 Å². The number of esters is 1. The van der Waals surface area contributed by atoms with E-state index >= 15 is 0 Å². The van der Waals surface area contributed by atoms with Gasteiger partial charge in [0.15, 0.2) is 0 Å². The second-order valence-corrected chi connectivity index (χ2v) is 5.80. The van der Waals surface area contributed by atoms with E-state index in [0.29, 0.717) is 11.3 Å². The fourth-order valence-electron chi connectivity index (χ4n) is 2.55. The highest BCUT2D eigenvalue weighted by molar-refractivity contribution is 6.06. The van der Waals surface area contributed by atoms with Gasteiger partial charge in [-0.3, -0.25) is 24.7 Å². The Morgan fingerprint density at radius 2 is 1.82 bits per heavy atom. The number of ether oxygens (including phenoxy) is 1. The lowest BCUT2D eigenvalue weighted by Crippen LogP contribution is -2.13. The average Bonchev–Trinajstić information content (AvgIpc) is 2.68. The van der Waals surface area contributed by atoms with Crippen molar-refractivity contribution < 1.29 is 19.2 Å². The van der Waals surface area contributed by atoms with Gasteiger partial charge in [-0.1, -0.05) is 24.3 Å². The summed E-state index contributed by atoms with van der Waals surface area (Å²) in [6.07, 6.45) is 2.44. The zero-order valence-electron chi connectivity index (χ0n) is 14.8. The largest absolute Gasteiger partial charge is 0.427 e. The predicted molar refractivity (Wildman–Crippen MR) is 102 cm³/mol. The van der Waals surface area contributed by atoms with Crippen molar-refractivity contribution in [3.05, 3.63) is 82.7 Å². The van der Waals surface area contributed by atoms with Gasteiger partial charge in [0.25, 0.3) is 5.91 Å². The van der Waals surface area contributed by atoms with Crippen LogP contribution >= 0.6 is 0 Å². The second kappa shape index (κ2) is 8.09. The van der Waals surface area contributed by atoms with Gasteiger partial charge in [0, 0.05) is 18.7 Å². The van der Waals surface area contributed by atoms with Crippen molar-refractivity contribution in [3.63, 3.8) is 0 Å². The van der Waals surface area contributed by atoms with Crippen LogP contribution in [0.25, 0.3) is 11.1 Å². The van der Waals surface area contributed by atoms with E-state index in [4.69, 9.17) is 4.74 Å². The van der Waals surface area contributed by atoms with Gasteiger partial charge in [0.1, 0.15) is 17.6 Å². The Morgan fingerprint density at radius 3 is 2.50 bits per heavy atom. The van der Waals surface area contributed by atoms with Gasteiger partial charge in [-0.05, 0) is 41.5 Å². The number of hydrogen-bond acceptors (Lipinski definition) is 6. The van der Waals surface area contributed by atoms with Gasteiger partial charge < -0.3 is 10.1 Å². The molecule has 8 heteroatoms. The first-order chi connectivity index (χ1) is 13.4. The Morgan fingerprint density at radius 1 is 1.07 bits per heavy atom. The summed E-state index contributed by atoms with van der Waals surface area (Å²) in [7, 11) is 0. The fourth-order valence-corrected chi connectivity index (χ4v) is 2.55. The Hall–Kier alpha value is -4.07. The lowest BCUT2D eigenvalue weighted by Gasteiger charge is -2.08. The molecule has 0 aliphatic carbocycles. The van der Waals surface area contributed by atoms with Crippen LogP contribution in [0.1, 0.15) is 17.3 Å². The molecule has 0 radical (unpaired) electrons. The first kappa shape index (κ1) is 18.7. The van der Waals surface area contributed by atoms with E-state index in [0.717, 1.165) is 17.3 Å². The zero-order chi connectivity index (χ0) is 20.1. The van der Waals surface area contributed by atoms with Crippen molar-refractivity contribution >= 4 is 23.3 Å². The smallest absolute Gasteiger partial charge is 0.310 e. The van der Waals surface area contributed by atoms with Crippen molar-refractivity contribution in [2.45, 2.75) is 6.92 Å². The van der Waals surface area contributed by atoms with Gasteiger partial charge in [-0.15, -0.1) is 0 Å². The highest BCUT2D eigenvalue weighted by atomic mass is 16.6. The minimum atomic E-state index is -0.607. The molecule has 0 saturated heterocycles. The number of hydrogen-bond donors (Lipinski definition) is 1. The molecule has 1 heterocycles. The summed E-state index contributed by atoms with van der Waals surface area (Å²) in [6.45, 7) is 1.32. The number of anilines is 1. The molecular weight excluding hydrogens is 362 g/mol. The number of benzene rings is 2. The summed E-state index contributed by atoms with van der Waals surface area (Å²) in [5.74, 6) is -0.459. The third-order valence-electron chi connectivity index (χ3n) is 3.82. The van der Waals surface area contributed by atoms with Crippen LogP contribution in [0.15, 0.2) is 67.0 Å². The number of nitro groups is 1. The highest BCUT2D eigenvalue weighted by Crippen LogP contribution is 2.25. The zero-order valence-corrected chi connectivity index (χ0v) is 14.8. The molecule has 3 aromatic rings. The molecule has 0 atom stereocenters. The third kappa shape index (κ3) is 4.36. The number of carbonyl (C=O) groups is 2. The molecule has 140 valence electrons. The van der Waals surface area contributed by atoms with E-state index in [1.165, 1.54) is 19.2 Å². The summed E-state index contributed by atoms with van der Waals surface area (Å²) < 4.78 is 5.00. The molecule has 1 aromatic heterocycles. The lowest BCUT2D eigenvalue weighted by atomic mass is 10.0. The van der Waals surface area contributed by atoms with Crippen molar-refractivity contribution in [2.24, 2.45) is 0 Å². The highest BCUT2D eigenvalue weighted by Gasteiger charge is 2.16. The molecule has 0 aliphatic rings. The maximum Gasteiger partial charge on any atom is 0.310 e. The molecular formula is C20H15N3O5. The maximum absolute atomic E-state index is 12.5. The Balaban J connectivity index is 1.82. The maximum atomic E-state index is 12.5. The van der Waals surface area contributed by atoms with Crippen molar-refractivity contribution in [2.75, 3.05) is 5.32 Å². The quantitative estimate of drug-likeness (QED) is 0.313. The molecule has 3 rings (SSSR count). The Kier molecular flexibility index (Phi) is 5.40. The molecule has 0 bridgehead atoms. The molecule has 1 amide bonds. The average molecular weight is 377 g/mol. The summed E-state index contributed by atoms with van der Waals surface area (Å²) in [6, 6.07) is 15.0. The number of nitrogens with one attached hydrogen (secondary N) is 1. The van der Waals surface area contributed by atoms with Gasteiger partial charge in [-0.25, -0.2) is 0 Å². The number of nitrogens with zero attached hydrogens (tertiary/aromatic N) is 2. The van der Waals surface area contributed by atoms with Crippen LogP contribution in [0.5, 0.6) is 5.75 Å². The molecule has 1 N–H and O–H groups in total. The molecule has 0 unspecified atom stereocenters. The van der Waals surface area contributed by atoms with Crippen LogP contribution in [0.2, 0.25) is 0 Å². The Labute approximate surface area is 159 Å². The lowest BCUT2D eigenvalue weighted by molar-refractivity contribution is -0.384. The summed E-state index contributed by atoms with van der Waals surface area (Å²) in [5.41, 5.74) is 1.72.